The summed E-state index contributed by atoms with van der Waals surface area (Å²) in [5.74, 6) is -0.498. The van der Waals surface area contributed by atoms with Crippen molar-refractivity contribution < 1.29 is 9.18 Å². The van der Waals surface area contributed by atoms with Crippen LogP contribution in [0.1, 0.15) is 24.2 Å². The van der Waals surface area contributed by atoms with E-state index in [1.54, 1.807) is 0 Å². The van der Waals surface area contributed by atoms with E-state index < -0.39 is 5.82 Å². The molecular weight excluding hydrogens is 275 g/mol. The maximum Gasteiger partial charge on any atom is 0.253 e. The normalized spacial score (nSPS) is 12.6. The minimum Gasteiger partial charge on any atom is -0.348 e. The van der Waals surface area contributed by atoms with E-state index in [0.717, 1.165) is 6.20 Å². The van der Waals surface area contributed by atoms with Gasteiger partial charge in [-0.25, -0.2) is 4.39 Å². The molecule has 0 aliphatic carbocycles. The molecule has 3 nitrogen and oxygen atoms in total. The molecule has 1 amide bonds. The lowest BCUT2D eigenvalue weighted by molar-refractivity contribution is 0.0931. The summed E-state index contributed by atoms with van der Waals surface area (Å²) in [5, 5.41) is 3.48. The van der Waals surface area contributed by atoms with Gasteiger partial charge >= 0.3 is 0 Å². The number of carbonyl (C=O) groups is 1. The van der Waals surface area contributed by atoms with Crippen LogP contribution >= 0.6 is 15.9 Å². The molecule has 0 bridgehead atoms. The third-order valence-corrected chi connectivity index (χ3v) is 2.95. The van der Waals surface area contributed by atoms with Crippen molar-refractivity contribution in [3.05, 3.63) is 29.8 Å². The van der Waals surface area contributed by atoms with Gasteiger partial charge < -0.3 is 5.32 Å². The summed E-state index contributed by atoms with van der Waals surface area (Å²) in [7, 11) is 0. The minimum atomic E-state index is -0.507. The molecule has 5 heteroatoms. The third-order valence-electron chi connectivity index (χ3n) is 2.25. The van der Waals surface area contributed by atoms with E-state index in [9.17, 15) is 9.18 Å². The van der Waals surface area contributed by atoms with Gasteiger partial charge in [-0.2, -0.15) is 0 Å². The highest BCUT2D eigenvalue weighted by Crippen LogP contribution is 2.07. The topological polar surface area (TPSA) is 42.0 Å². The molecule has 1 heterocycles. The lowest BCUT2D eigenvalue weighted by Crippen LogP contribution is -2.39. The average molecular weight is 289 g/mol. The van der Waals surface area contributed by atoms with Crippen LogP contribution < -0.4 is 5.32 Å². The molecule has 1 aromatic rings. The Morgan fingerprint density at radius 1 is 1.56 bits per heavy atom. The van der Waals surface area contributed by atoms with Gasteiger partial charge in [-0.05, 0) is 12.0 Å². The first-order chi connectivity index (χ1) is 7.54. The molecule has 0 saturated heterocycles. The van der Waals surface area contributed by atoms with Crippen molar-refractivity contribution in [2.45, 2.75) is 19.9 Å². The molecule has 16 heavy (non-hydrogen) atoms. The van der Waals surface area contributed by atoms with Crippen LogP contribution in [-0.2, 0) is 0 Å². The summed E-state index contributed by atoms with van der Waals surface area (Å²) in [6.45, 7) is 4.02. The van der Waals surface area contributed by atoms with E-state index in [0.29, 0.717) is 11.2 Å². The van der Waals surface area contributed by atoms with Gasteiger partial charge in [-0.3, -0.25) is 9.78 Å². The van der Waals surface area contributed by atoms with Gasteiger partial charge in [0.25, 0.3) is 5.91 Å². The molecule has 0 spiro atoms. The molecule has 1 rings (SSSR count). The SMILES string of the molecule is CC(C)C(CBr)NC(=O)c1cncc(F)c1. The third kappa shape index (κ3) is 3.56. The van der Waals surface area contributed by atoms with E-state index in [-0.39, 0.29) is 17.5 Å². The first kappa shape index (κ1) is 13.1. The van der Waals surface area contributed by atoms with Crippen molar-refractivity contribution in [1.29, 1.82) is 0 Å². The quantitative estimate of drug-likeness (QED) is 0.865. The number of rotatable bonds is 4. The predicted molar refractivity (Wildman–Crippen MR) is 64.1 cm³/mol. The molecule has 0 aliphatic heterocycles. The second-order valence-corrected chi connectivity index (χ2v) is 4.52. The van der Waals surface area contributed by atoms with Crippen molar-refractivity contribution in [2.24, 2.45) is 5.92 Å². The number of hydrogen-bond donors (Lipinski definition) is 1. The second kappa shape index (κ2) is 5.94. The van der Waals surface area contributed by atoms with E-state index in [1.165, 1.54) is 12.3 Å². The average Bonchev–Trinajstić information content (AvgIpc) is 2.25. The van der Waals surface area contributed by atoms with Gasteiger partial charge in [0.05, 0.1) is 11.8 Å². The molecule has 0 radical (unpaired) electrons. The molecule has 88 valence electrons. The summed E-state index contributed by atoms with van der Waals surface area (Å²) < 4.78 is 12.9. The van der Waals surface area contributed by atoms with Gasteiger partial charge in [-0.15, -0.1) is 0 Å². The monoisotopic (exact) mass is 288 g/mol. The maximum atomic E-state index is 12.9. The summed E-state index contributed by atoms with van der Waals surface area (Å²) in [5.41, 5.74) is 0.242. The molecular formula is C11H14BrFN2O. The van der Waals surface area contributed by atoms with Gasteiger partial charge in [0.2, 0.25) is 0 Å². The number of aromatic nitrogens is 1. The molecule has 0 saturated carbocycles. The number of alkyl halides is 1. The number of nitrogens with zero attached hydrogens (tertiary/aromatic N) is 1. The zero-order chi connectivity index (χ0) is 12.1. The molecule has 1 atom stereocenters. The molecule has 1 aromatic heterocycles. The van der Waals surface area contributed by atoms with Crippen LogP contribution in [0.15, 0.2) is 18.5 Å². The van der Waals surface area contributed by atoms with Gasteiger partial charge in [-0.1, -0.05) is 29.8 Å². The Morgan fingerprint density at radius 2 is 2.25 bits per heavy atom. The van der Waals surface area contributed by atoms with Crippen LogP contribution in [-0.4, -0.2) is 22.3 Å². The van der Waals surface area contributed by atoms with Crippen molar-refractivity contribution >= 4 is 21.8 Å². The van der Waals surface area contributed by atoms with Crippen LogP contribution in [0, 0.1) is 11.7 Å². The van der Waals surface area contributed by atoms with E-state index in [2.05, 4.69) is 26.2 Å². The zero-order valence-corrected chi connectivity index (χ0v) is 10.8. The van der Waals surface area contributed by atoms with Crippen molar-refractivity contribution in [1.82, 2.24) is 10.3 Å². The van der Waals surface area contributed by atoms with Crippen molar-refractivity contribution in [2.75, 3.05) is 5.33 Å². The number of amides is 1. The summed E-state index contributed by atoms with van der Waals surface area (Å²) in [4.78, 5) is 15.4. The summed E-state index contributed by atoms with van der Waals surface area (Å²) in [6.07, 6.45) is 2.42. The largest absolute Gasteiger partial charge is 0.348 e. The second-order valence-electron chi connectivity index (χ2n) is 3.87. The smallest absolute Gasteiger partial charge is 0.253 e. The zero-order valence-electron chi connectivity index (χ0n) is 9.21. The number of nitrogens with one attached hydrogen (secondary N) is 1. The lowest BCUT2D eigenvalue weighted by atomic mass is 10.1. The van der Waals surface area contributed by atoms with E-state index in [1.807, 2.05) is 13.8 Å². The molecule has 0 aliphatic rings. The first-order valence-corrected chi connectivity index (χ1v) is 6.14. The van der Waals surface area contributed by atoms with Gasteiger partial charge in [0.15, 0.2) is 0 Å². The fourth-order valence-corrected chi connectivity index (χ4v) is 2.08. The van der Waals surface area contributed by atoms with Crippen LogP contribution in [0.4, 0.5) is 4.39 Å². The Labute approximate surface area is 103 Å². The Bertz CT molecular complexity index is 371. The number of pyridine rings is 1. The maximum absolute atomic E-state index is 12.9. The van der Waals surface area contributed by atoms with Gasteiger partial charge in [0.1, 0.15) is 5.82 Å². The molecule has 0 aromatic carbocycles. The van der Waals surface area contributed by atoms with E-state index in [4.69, 9.17) is 0 Å². The highest BCUT2D eigenvalue weighted by Gasteiger charge is 2.16. The highest BCUT2D eigenvalue weighted by atomic mass is 79.9. The molecule has 0 fully saturated rings. The summed E-state index contributed by atoms with van der Waals surface area (Å²) >= 11 is 3.33. The van der Waals surface area contributed by atoms with Gasteiger partial charge in [0, 0.05) is 17.6 Å². The molecule has 1 N–H and O–H groups in total. The van der Waals surface area contributed by atoms with Crippen LogP contribution in [0.5, 0.6) is 0 Å². The Kier molecular flexibility index (Phi) is 4.86. The van der Waals surface area contributed by atoms with Crippen molar-refractivity contribution in [3.8, 4) is 0 Å². The Morgan fingerprint density at radius 3 is 2.75 bits per heavy atom. The van der Waals surface area contributed by atoms with Crippen LogP contribution in [0.2, 0.25) is 0 Å². The van der Waals surface area contributed by atoms with Crippen LogP contribution in [0.3, 0.4) is 0 Å². The predicted octanol–water partition coefficient (Wildman–Crippen LogP) is 2.37. The number of hydrogen-bond acceptors (Lipinski definition) is 2. The Balaban J connectivity index is 2.72. The highest BCUT2D eigenvalue weighted by molar-refractivity contribution is 9.09. The first-order valence-electron chi connectivity index (χ1n) is 5.02. The van der Waals surface area contributed by atoms with Crippen molar-refractivity contribution in [3.63, 3.8) is 0 Å². The minimum absolute atomic E-state index is 0.0239. The number of carbonyl (C=O) groups excluding carboxylic acids is 1. The standard InChI is InChI=1S/C11H14BrFN2O/c1-7(2)10(4-12)15-11(16)8-3-9(13)6-14-5-8/h3,5-7,10H,4H2,1-2H3,(H,15,16). The molecule has 1 unspecified atom stereocenters. The fourth-order valence-electron chi connectivity index (χ4n) is 1.17. The number of halogens is 2. The fraction of sp³-hybridized carbons (Fsp3) is 0.455. The lowest BCUT2D eigenvalue weighted by Gasteiger charge is -2.19. The van der Waals surface area contributed by atoms with Crippen LogP contribution in [0.25, 0.3) is 0 Å². The summed E-state index contributed by atoms with van der Waals surface area (Å²) in [6, 6.07) is 1.20. The Hall–Kier alpha value is -0.970. The van der Waals surface area contributed by atoms with E-state index >= 15 is 0 Å².